The Labute approximate surface area is 188 Å². The first-order valence-electron chi connectivity index (χ1n) is 10.5. The lowest BCUT2D eigenvalue weighted by molar-refractivity contribution is 0.223. The summed E-state index contributed by atoms with van der Waals surface area (Å²) in [6.45, 7) is 0. The van der Waals surface area contributed by atoms with Crippen LogP contribution in [0.3, 0.4) is 0 Å². The SMILES string of the molecule is ClC1C=CC(C2NC(c3ccccc3)NC(c3ccc(-c4ccccc4)cc3)N2)=CN1. The highest BCUT2D eigenvalue weighted by molar-refractivity contribution is 6.21. The molecule has 0 saturated carbocycles. The molecule has 4 nitrogen and oxygen atoms in total. The van der Waals surface area contributed by atoms with Crippen molar-refractivity contribution in [2.24, 2.45) is 0 Å². The topological polar surface area (TPSA) is 48.1 Å². The molecule has 5 heteroatoms. The highest BCUT2D eigenvalue weighted by Gasteiger charge is 2.30. The third-order valence-corrected chi connectivity index (χ3v) is 5.96. The number of nitrogens with one attached hydrogen (secondary N) is 4. The van der Waals surface area contributed by atoms with Gasteiger partial charge in [-0.15, -0.1) is 0 Å². The monoisotopic (exact) mass is 428 g/mol. The minimum atomic E-state index is -0.170. The number of halogens is 1. The summed E-state index contributed by atoms with van der Waals surface area (Å²) in [5.74, 6) is 0. The molecule has 3 aromatic rings. The first-order chi connectivity index (χ1) is 15.3. The van der Waals surface area contributed by atoms with E-state index >= 15 is 0 Å². The Morgan fingerprint density at radius 1 is 0.581 bits per heavy atom. The smallest absolute Gasteiger partial charge is 0.120 e. The standard InChI is InChI=1S/C26H25ClN4/c27-23-16-15-22(17-28-23)26-30-24(20-9-5-2-6-10-20)29-25(31-26)21-13-11-19(12-14-21)18-7-3-1-4-8-18/h1-17,23-26,28-31H. The van der Waals surface area contributed by atoms with Crippen LogP contribution in [-0.4, -0.2) is 11.7 Å². The summed E-state index contributed by atoms with van der Waals surface area (Å²) in [7, 11) is 0. The number of hydrogen-bond donors (Lipinski definition) is 4. The second kappa shape index (κ2) is 9.08. The Hall–Kier alpha value is -2.89. The Balaban J connectivity index is 1.42. The first kappa shape index (κ1) is 20.0. The number of alkyl halides is 1. The highest BCUT2D eigenvalue weighted by atomic mass is 35.5. The minimum absolute atomic E-state index is 0.00859. The van der Waals surface area contributed by atoms with Gasteiger partial charge >= 0.3 is 0 Å². The molecule has 1 saturated heterocycles. The molecule has 31 heavy (non-hydrogen) atoms. The van der Waals surface area contributed by atoms with Gasteiger partial charge in [-0.1, -0.05) is 103 Å². The number of hydrogen-bond acceptors (Lipinski definition) is 4. The summed E-state index contributed by atoms with van der Waals surface area (Å²) >= 11 is 6.14. The fourth-order valence-corrected chi connectivity index (χ4v) is 4.16. The van der Waals surface area contributed by atoms with E-state index in [9.17, 15) is 0 Å². The molecular formula is C26H25ClN4. The molecule has 2 aliphatic heterocycles. The van der Waals surface area contributed by atoms with Crippen molar-refractivity contribution < 1.29 is 0 Å². The molecule has 156 valence electrons. The lowest BCUT2D eigenvalue weighted by atomic mass is 10.0. The van der Waals surface area contributed by atoms with Crippen LogP contribution in [0, 0.1) is 0 Å². The van der Waals surface area contributed by atoms with Crippen LogP contribution in [0.15, 0.2) is 109 Å². The third kappa shape index (κ3) is 4.58. The van der Waals surface area contributed by atoms with Crippen LogP contribution >= 0.6 is 11.6 Å². The van der Waals surface area contributed by atoms with E-state index in [0.717, 1.165) is 5.57 Å². The van der Waals surface area contributed by atoms with Crippen LogP contribution in [0.1, 0.15) is 23.5 Å². The number of rotatable bonds is 4. The van der Waals surface area contributed by atoms with Gasteiger partial charge in [0.05, 0.1) is 18.5 Å². The van der Waals surface area contributed by atoms with Crippen LogP contribution < -0.4 is 21.3 Å². The third-order valence-electron chi connectivity index (χ3n) is 5.68. The van der Waals surface area contributed by atoms with Gasteiger partial charge in [-0.2, -0.15) is 0 Å². The van der Waals surface area contributed by atoms with Crippen LogP contribution in [-0.2, 0) is 0 Å². The molecular weight excluding hydrogens is 404 g/mol. The fraction of sp³-hybridized carbons (Fsp3) is 0.154. The zero-order chi connectivity index (χ0) is 21.0. The van der Waals surface area contributed by atoms with E-state index in [4.69, 9.17) is 11.6 Å². The van der Waals surface area contributed by atoms with E-state index in [-0.39, 0.29) is 24.0 Å². The zero-order valence-electron chi connectivity index (χ0n) is 17.0. The average Bonchev–Trinajstić information content (AvgIpc) is 2.85. The molecule has 4 atom stereocenters. The number of dihydropyridines is 1. The van der Waals surface area contributed by atoms with Crippen molar-refractivity contribution in [3.8, 4) is 11.1 Å². The van der Waals surface area contributed by atoms with Crippen LogP contribution in [0.5, 0.6) is 0 Å². The van der Waals surface area contributed by atoms with Gasteiger partial charge in [-0.3, -0.25) is 16.0 Å². The van der Waals surface area contributed by atoms with E-state index in [0.29, 0.717) is 0 Å². The molecule has 5 rings (SSSR count). The normalized spacial score (nSPS) is 25.5. The molecule has 2 aliphatic rings. The lowest BCUT2D eigenvalue weighted by Crippen LogP contribution is -2.59. The Morgan fingerprint density at radius 2 is 1.13 bits per heavy atom. The van der Waals surface area contributed by atoms with Gasteiger partial charge in [-0.25, -0.2) is 0 Å². The van der Waals surface area contributed by atoms with E-state index < -0.39 is 0 Å². The van der Waals surface area contributed by atoms with Crippen molar-refractivity contribution in [2.75, 3.05) is 0 Å². The zero-order valence-corrected chi connectivity index (χ0v) is 17.8. The molecule has 1 fully saturated rings. The van der Waals surface area contributed by atoms with Crippen molar-refractivity contribution in [2.45, 2.75) is 24.0 Å². The molecule has 3 aromatic carbocycles. The van der Waals surface area contributed by atoms with Gasteiger partial charge in [-0.05, 0) is 33.9 Å². The van der Waals surface area contributed by atoms with Crippen LogP contribution in [0.4, 0.5) is 0 Å². The summed E-state index contributed by atoms with van der Waals surface area (Å²) in [5.41, 5.74) is 5.77. The summed E-state index contributed by atoms with van der Waals surface area (Å²) in [5, 5.41) is 14.2. The molecule has 0 aromatic heterocycles. The van der Waals surface area contributed by atoms with E-state index in [1.54, 1.807) is 0 Å². The van der Waals surface area contributed by atoms with Crippen molar-refractivity contribution >= 4 is 11.6 Å². The Morgan fingerprint density at radius 3 is 1.74 bits per heavy atom. The van der Waals surface area contributed by atoms with Gasteiger partial charge in [0, 0.05) is 6.20 Å². The fourth-order valence-electron chi connectivity index (χ4n) is 4.02. The average molecular weight is 429 g/mol. The molecule has 0 amide bonds. The Bertz CT molecular complexity index is 1060. The maximum atomic E-state index is 6.14. The van der Waals surface area contributed by atoms with E-state index in [1.807, 2.05) is 24.4 Å². The summed E-state index contributed by atoms with van der Waals surface area (Å²) in [6, 6.07) is 29.7. The lowest BCUT2D eigenvalue weighted by Gasteiger charge is -2.40. The van der Waals surface area contributed by atoms with Crippen molar-refractivity contribution in [1.82, 2.24) is 21.3 Å². The summed E-state index contributed by atoms with van der Waals surface area (Å²) in [4.78, 5) is 0. The van der Waals surface area contributed by atoms with Crippen LogP contribution in [0.2, 0.25) is 0 Å². The van der Waals surface area contributed by atoms with Crippen molar-refractivity contribution in [3.05, 3.63) is 120 Å². The predicted molar refractivity (Wildman–Crippen MR) is 127 cm³/mol. The van der Waals surface area contributed by atoms with Gasteiger partial charge in [0.15, 0.2) is 0 Å². The largest absolute Gasteiger partial charge is 0.372 e. The summed E-state index contributed by atoms with van der Waals surface area (Å²) < 4.78 is 0. The maximum Gasteiger partial charge on any atom is 0.120 e. The van der Waals surface area contributed by atoms with E-state index in [1.165, 1.54) is 22.3 Å². The van der Waals surface area contributed by atoms with Gasteiger partial charge in [0.25, 0.3) is 0 Å². The predicted octanol–water partition coefficient (Wildman–Crippen LogP) is 4.77. The quantitative estimate of drug-likeness (QED) is 0.357. The Kier molecular flexibility index (Phi) is 5.87. The van der Waals surface area contributed by atoms with Gasteiger partial charge < -0.3 is 5.32 Å². The second-order valence-electron chi connectivity index (χ2n) is 7.77. The molecule has 2 heterocycles. The molecule has 0 bridgehead atoms. The molecule has 4 N–H and O–H groups in total. The molecule has 0 spiro atoms. The highest BCUT2D eigenvalue weighted by Crippen LogP contribution is 2.26. The molecule has 0 radical (unpaired) electrons. The molecule has 4 unspecified atom stereocenters. The molecule has 0 aliphatic carbocycles. The van der Waals surface area contributed by atoms with E-state index in [2.05, 4.69) is 100 Å². The summed E-state index contributed by atoms with van der Waals surface area (Å²) in [6.07, 6.45) is 5.98. The number of benzene rings is 3. The maximum absolute atomic E-state index is 6.14. The second-order valence-corrected chi connectivity index (χ2v) is 8.24. The van der Waals surface area contributed by atoms with Gasteiger partial charge in [0.2, 0.25) is 0 Å². The minimum Gasteiger partial charge on any atom is -0.372 e. The van der Waals surface area contributed by atoms with Crippen molar-refractivity contribution in [1.29, 1.82) is 0 Å². The van der Waals surface area contributed by atoms with Crippen molar-refractivity contribution in [3.63, 3.8) is 0 Å². The van der Waals surface area contributed by atoms with Crippen LogP contribution in [0.25, 0.3) is 11.1 Å². The van der Waals surface area contributed by atoms with Gasteiger partial charge in [0.1, 0.15) is 5.50 Å². The first-order valence-corrected chi connectivity index (χ1v) is 11.0.